The van der Waals surface area contributed by atoms with E-state index >= 15 is 0 Å². The first-order valence-corrected chi connectivity index (χ1v) is 4.27. The average Bonchev–Trinajstić information content (AvgIpc) is 2.18. The first-order valence-electron chi connectivity index (χ1n) is 3.90. The van der Waals surface area contributed by atoms with Crippen molar-refractivity contribution in [2.24, 2.45) is 0 Å². The Labute approximate surface area is 87.1 Å². The molecule has 0 radical (unpaired) electrons. The standard InChI is InChI=1S/C10H8ClNO2/c1-14-10-9(11)6-8(7-12-10)4-2-3-5-13/h5-7H,3H2,1H3. The van der Waals surface area contributed by atoms with E-state index < -0.39 is 0 Å². The topological polar surface area (TPSA) is 39.2 Å². The third-order valence-corrected chi connectivity index (χ3v) is 1.69. The molecule has 0 aromatic carbocycles. The Morgan fingerprint density at radius 3 is 3.07 bits per heavy atom. The third-order valence-electron chi connectivity index (χ3n) is 1.42. The van der Waals surface area contributed by atoms with Gasteiger partial charge in [0.2, 0.25) is 5.88 Å². The molecule has 0 fully saturated rings. The highest BCUT2D eigenvalue weighted by atomic mass is 35.5. The van der Waals surface area contributed by atoms with E-state index in [2.05, 4.69) is 16.8 Å². The van der Waals surface area contributed by atoms with Crippen LogP contribution in [0.2, 0.25) is 5.02 Å². The molecule has 1 aromatic heterocycles. The van der Waals surface area contributed by atoms with Crippen LogP contribution in [0.5, 0.6) is 5.88 Å². The molecule has 0 aliphatic heterocycles. The average molecular weight is 210 g/mol. The van der Waals surface area contributed by atoms with Crippen LogP contribution in [0, 0.1) is 11.8 Å². The maximum absolute atomic E-state index is 10.00. The number of rotatable bonds is 2. The molecule has 0 N–H and O–H groups in total. The molecule has 1 rings (SSSR count). The Kier molecular flexibility index (Phi) is 3.96. The normalized spacial score (nSPS) is 8.71. The van der Waals surface area contributed by atoms with Gasteiger partial charge in [-0.1, -0.05) is 23.4 Å². The molecule has 14 heavy (non-hydrogen) atoms. The molecule has 0 aliphatic carbocycles. The number of aromatic nitrogens is 1. The Hall–Kier alpha value is -1.53. The Morgan fingerprint density at radius 1 is 1.71 bits per heavy atom. The largest absolute Gasteiger partial charge is 0.480 e. The number of carbonyl (C=O) groups excluding carboxylic acids is 1. The monoisotopic (exact) mass is 209 g/mol. The van der Waals surface area contributed by atoms with E-state index in [-0.39, 0.29) is 6.42 Å². The zero-order valence-electron chi connectivity index (χ0n) is 7.58. The van der Waals surface area contributed by atoms with Crippen LogP contribution in [0.3, 0.4) is 0 Å². The highest BCUT2D eigenvalue weighted by Gasteiger charge is 2.00. The van der Waals surface area contributed by atoms with Gasteiger partial charge in [0.15, 0.2) is 0 Å². The van der Waals surface area contributed by atoms with Gasteiger partial charge in [0.25, 0.3) is 0 Å². The predicted molar refractivity (Wildman–Crippen MR) is 53.4 cm³/mol. The maximum Gasteiger partial charge on any atom is 0.232 e. The van der Waals surface area contributed by atoms with Gasteiger partial charge in [-0.05, 0) is 6.07 Å². The third kappa shape index (κ3) is 2.75. The zero-order valence-corrected chi connectivity index (χ0v) is 8.34. The van der Waals surface area contributed by atoms with E-state index in [0.717, 1.165) is 6.29 Å². The van der Waals surface area contributed by atoms with Crippen molar-refractivity contribution in [2.75, 3.05) is 7.11 Å². The second kappa shape index (κ2) is 5.25. The summed E-state index contributed by atoms with van der Waals surface area (Å²) in [6, 6.07) is 1.64. The summed E-state index contributed by atoms with van der Waals surface area (Å²) in [4.78, 5) is 13.9. The van der Waals surface area contributed by atoms with Gasteiger partial charge in [-0.15, -0.1) is 0 Å². The molecule has 0 aliphatic rings. The van der Waals surface area contributed by atoms with Gasteiger partial charge in [0, 0.05) is 11.8 Å². The number of halogens is 1. The van der Waals surface area contributed by atoms with Crippen molar-refractivity contribution in [3.8, 4) is 17.7 Å². The smallest absolute Gasteiger partial charge is 0.232 e. The van der Waals surface area contributed by atoms with Crippen LogP contribution in [0.1, 0.15) is 12.0 Å². The quantitative estimate of drug-likeness (QED) is 0.550. The SMILES string of the molecule is COc1ncc(C#CCC=O)cc1Cl. The van der Waals surface area contributed by atoms with Crippen molar-refractivity contribution in [1.82, 2.24) is 4.98 Å². The van der Waals surface area contributed by atoms with Crippen LogP contribution < -0.4 is 4.74 Å². The molecule has 0 atom stereocenters. The van der Waals surface area contributed by atoms with E-state index in [1.165, 1.54) is 7.11 Å². The highest BCUT2D eigenvalue weighted by Crippen LogP contribution is 2.21. The lowest BCUT2D eigenvalue weighted by atomic mass is 10.3. The van der Waals surface area contributed by atoms with E-state index in [1.807, 2.05) is 0 Å². The fraction of sp³-hybridized carbons (Fsp3) is 0.200. The molecule has 0 saturated heterocycles. The zero-order chi connectivity index (χ0) is 10.4. The molecule has 3 nitrogen and oxygen atoms in total. The van der Waals surface area contributed by atoms with E-state index in [0.29, 0.717) is 16.5 Å². The first-order chi connectivity index (χ1) is 6.77. The number of pyridine rings is 1. The van der Waals surface area contributed by atoms with Gasteiger partial charge in [0.05, 0.1) is 13.5 Å². The molecule has 0 amide bonds. The van der Waals surface area contributed by atoms with Crippen molar-refractivity contribution < 1.29 is 9.53 Å². The summed E-state index contributed by atoms with van der Waals surface area (Å²) in [6.45, 7) is 0. The molecule has 1 heterocycles. The van der Waals surface area contributed by atoms with Crippen molar-refractivity contribution in [1.29, 1.82) is 0 Å². The molecule has 0 unspecified atom stereocenters. The fourth-order valence-electron chi connectivity index (χ4n) is 0.839. The summed E-state index contributed by atoms with van der Waals surface area (Å²) in [5, 5.41) is 0.408. The van der Waals surface area contributed by atoms with E-state index in [4.69, 9.17) is 16.3 Å². The lowest BCUT2D eigenvalue weighted by Crippen LogP contribution is -1.89. The number of methoxy groups -OCH3 is 1. The molecule has 0 spiro atoms. The Morgan fingerprint density at radius 2 is 2.50 bits per heavy atom. The second-order valence-electron chi connectivity index (χ2n) is 2.39. The molecule has 72 valence electrons. The summed E-state index contributed by atoms with van der Waals surface area (Å²) in [5.74, 6) is 5.78. The molecule has 0 saturated carbocycles. The van der Waals surface area contributed by atoms with Gasteiger partial charge in [-0.3, -0.25) is 0 Å². The van der Waals surface area contributed by atoms with Gasteiger partial charge in [-0.25, -0.2) is 4.98 Å². The Bertz CT molecular complexity index is 393. The van der Waals surface area contributed by atoms with Crippen molar-refractivity contribution >= 4 is 17.9 Å². The van der Waals surface area contributed by atoms with Crippen LogP contribution in [0.4, 0.5) is 0 Å². The van der Waals surface area contributed by atoms with Crippen LogP contribution in [0.25, 0.3) is 0 Å². The van der Waals surface area contributed by atoms with Gasteiger partial charge in [0.1, 0.15) is 11.3 Å². The number of ether oxygens (including phenoxy) is 1. The number of hydrogen-bond donors (Lipinski definition) is 0. The van der Waals surface area contributed by atoms with Crippen LogP contribution in [-0.4, -0.2) is 18.4 Å². The minimum Gasteiger partial charge on any atom is -0.480 e. The first kappa shape index (κ1) is 10.6. The number of carbonyl (C=O) groups is 1. The van der Waals surface area contributed by atoms with E-state index in [1.54, 1.807) is 12.3 Å². The minimum absolute atomic E-state index is 0.212. The number of hydrogen-bond acceptors (Lipinski definition) is 3. The Balaban J connectivity index is 2.87. The molecule has 1 aromatic rings. The van der Waals surface area contributed by atoms with Crippen LogP contribution >= 0.6 is 11.6 Å². The van der Waals surface area contributed by atoms with Crippen molar-refractivity contribution in [3.63, 3.8) is 0 Å². The van der Waals surface area contributed by atoms with Crippen LogP contribution in [0.15, 0.2) is 12.3 Å². The van der Waals surface area contributed by atoms with Crippen molar-refractivity contribution in [3.05, 3.63) is 22.8 Å². The van der Waals surface area contributed by atoms with Gasteiger partial charge < -0.3 is 9.53 Å². The van der Waals surface area contributed by atoms with Crippen molar-refractivity contribution in [2.45, 2.75) is 6.42 Å². The lowest BCUT2D eigenvalue weighted by Gasteiger charge is -2.00. The summed E-state index contributed by atoms with van der Waals surface area (Å²) in [5.41, 5.74) is 0.664. The predicted octanol–water partition coefficient (Wildman–Crippen LogP) is 1.68. The van der Waals surface area contributed by atoms with Gasteiger partial charge >= 0.3 is 0 Å². The summed E-state index contributed by atoms with van der Waals surface area (Å²) in [6.07, 6.45) is 2.50. The summed E-state index contributed by atoms with van der Waals surface area (Å²) >= 11 is 5.82. The summed E-state index contributed by atoms with van der Waals surface area (Å²) in [7, 11) is 1.49. The minimum atomic E-state index is 0.212. The van der Waals surface area contributed by atoms with E-state index in [9.17, 15) is 4.79 Å². The molecule has 4 heteroatoms. The number of nitrogens with zero attached hydrogens (tertiary/aromatic N) is 1. The molecule has 0 bridgehead atoms. The summed E-state index contributed by atoms with van der Waals surface area (Å²) < 4.78 is 4.88. The second-order valence-corrected chi connectivity index (χ2v) is 2.79. The van der Waals surface area contributed by atoms with Crippen LogP contribution in [-0.2, 0) is 4.79 Å². The maximum atomic E-state index is 10.00. The molecular formula is C10H8ClNO2. The number of aldehydes is 1. The lowest BCUT2D eigenvalue weighted by molar-refractivity contribution is -0.107. The molecular weight excluding hydrogens is 202 g/mol. The highest BCUT2D eigenvalue weighted by molar-refractivity contribution is 6.31. The van der Waals surface area contributed by atoms with Gasteiger partial charge in [-0.2, -0.15) is 0 Å². The fourth-order valence-corrected chi connectivity index (χ4v) is 1.08.